The van der Waals surface area contributed by atoms with Gasteiger partial charge in [-0.2, -0.15) is 0 Å². The van der Waals surface area contributed by atoms with E-state index in [2.05, 4.69) is 4.98 Å². The molecule has 5 nitrogen and oxygen atoms in total. The molecule has 0 aliphatic heterocycles. The van der Waals surface area contributed by atoms with Gasteiger partial charge in [0.2, 0.25) is 0 Å². The zero-order chi connectivity index (χ0) is 14.7. The molecule has 0 aliphatic carbocycles. The Kier molecular flexibility index (Phi) is 4.08. The Morgan fingerprint density at radius 3 is 2.75 bits per heavy atom. The smallest absolute Gasteiger partial charge is 0.323 e. The summed E-state index contributed by atoms with van der Waals surface area (Å²) in [6.07, 6.45) is 3.28. The third kappa shape index (κ3) is 2.99. The van der Waals surface area contributed by atoms with Crippen molar-refractivity contribution in [2.45, 2.75) is 27.3 Å². The highest BCUT2D eigenvalue weighted by molar-refractivity contribution is 5.68. The predicted molar refractivity (Wildman–Crippen MR) is 75.9 cm³/mol. The molecule has 0 amide bonds. The molecule has 1 aromatic carbocycles. The minimum Gasteiger partial charge on any atom is -0.494 e. The maximum absolute atomic E-state index is 10.7. The van der Waals surface area contributed by atoms with E-state index in [1.165, 1.54) is 6.33 Å². The molecule has 2 rings (SSSR count). The van der Waals surface area contributed by atoms with Crippen LogP contribution < -0.4 is 4.74 Å². The SMILES string of the molecule is CCOc1cc(C)c(-c2cn(CC(=O)O)cn2)cc1C. The molecule has 2 aromatic rings. The third-order valence-corrected chi connectivity index (χ3v) is 3.05. The molecule has 0 fully saturated rings. The molecular weight excluding hydrogens is 256 g/mol. The molecule has 5 heteroatoms. The summed E-state index contributed by atoms with van der Waals surface area (Å²) in [6.45, 7) is 6.49. The number of rotatable bonds is 5. The molecule has 106 valence electrons. The Bertz CT molecular complexity index is 632. The predicted octanol–water partition coefficient (Wildman–Crippen LogP) is 2.65. The summed E-state index contributed by atoms with van der Waals surface area (Å²) < 4.78 is 7.12. The van der Waals surface area contributed by atoms with Gasteiger partial charge in [-0.1, -0.05) is 0 Å². The molecule has 0 saturated carbocycles. The molecule has 0 radical (unpaired) electrons. The standard InChI is InChI=1S/C15H18N2O3/c1-4-20-14-6-10(2)12(5-11(14)3)13-7-17(9-16-13)8-15(18)19/h5-7,9H,4,8H2,1-3H3,(H,18,19). The molecule has 1 N–H and O–H groups in total. The first kappa shape index (κ1) is 14.1. The second-order valence-electron chi connectivity index (χ2n) is 4.69. The maximum Gasteiger partial charge on any atom is 0.323 e. The molecule has 0 aliphatic rings. The van der Waals surface area contributed by atoms with Crippen LogP contribution in [-0.4, -0.2) is 27.2 Å². The maximum atomic E-state index is 10.7. The van der Waals surface area contributed by atoms with E-state index in [-0.39, 0.29) is 6.54 Å². The van der Waals surface area contributed by atoms with Crippen LogP contribution in [0.25, 0.3) is 11.3 Å². The Morgan fingerprint density at radius 2 is 2.10 bits per heavy atom. The van der Waals surface area contributed by atoms with Crippen LogP contribution in [0.1, 0.15) is 18.1 Å². The number of aliphatic carboxylic acids is 1. The second kappa shape index (κ2) is 5.77. The summed E-state index contributed by atoms with van der Waals surface area (Å²) in [5, 5.41) is 8.78. The van der Waals surface area contributed by atoms with Crippen LogP contribution >= 0.6 is 0 Å². The average Bonchev–Trinajstić information content (AvgIpc) is 2.81. The summed E-state index contributed by atoms with van der Waals surface area (Å²) in [4.78, 5) is 15.0. The number of nitrogens with zero attached hydrogens (tertiary/aromatic N) is 2. The van der Waals surface area contributed by atoms with E-state index < -0.39 is 5.97 Å². The first-order valence-electron chi connectivity index (χ1n) is 6.49. The number of aromatic nitrogens is 2. The van der Waals surface area contributed by atoms with E-state index in [4.69, 9.17) is 9.84 Å². The number of carboxylic acid groups (broad SMARTS) is 1. The van der Waals surface area contributed by atoms with Crippen molar-refractivity contribution < 1.29 is 14.6 Å². The number of hydrogen-bond donors (Lipinski definition) is 1. The van der Waals surface area contributed by atoms with Gasteiger partial charge in [0.1, 0.15) is 12.3 Å². The summed E-state index contributed by atoms with van der Waals surface area (Å²) >= 11 is 0. The van der Waals surface area contributed by atoms with Crippen LogP contribution in [0.15, 0.2) is 24.7 Å². The minimum atomic E-state index is -0.881. The monoisotopic (exact) mass is 274 g/mol. The van der Waals surface area contributed by atoms with E-state index in [1.54, 1.807) is 10.8 Å². The van der Waals surface area contributed by atoms with Crippen molar-refractivity contribution >= 4 is 5.97 Å². The Morgan fingerprint density at radius 1 is 1.35 bits per heavy atom. The number of imidazole rings is 1. The first-order valence-corrected chi connectivity index (χ1v) is 6.49. The van der Waals surface area contributed by atoms with Gasteiger partial charge < -0.3 is 14.4 Å². The fourth-order valence-corrected chi connectivity index (χ4v) is 2.12. The molecule has 0 atom stereocenters. The van der Waals surface area contributed by atoms with Crippen LogP contribution in [-0.2, 0) is 11.3 Å². The lowest BCUT2D eigenvalue weighted by molar-refractivity contribution is -0.137. The third-order valence-electron chi connectivity index (χ3n) is 3.05. The van der Waals surface area contributed by atoms with Gasteiger partial charge in [0, 0.05) is 11.8 Å². The number of aryl methyl sites for hydroxylation is 2. The summed E-state index contributed by atoms with van der Waals surface area (Å²) in [5.41, 5.74) is 3.87. The van der Waals surface area contributed by atoms with Crippen molar-refractivity contribution in [1.29, 1.82) is 0 Å². The van der Waals surface area contributed by atoms with Crippen molar-refractivity contribution in [3.8, 4) is 17.0 Å². The minimum absolute atomic E-state index is 0.0813. The number of carbonyl (C=O) groups is 1. The lowest BCUT2D eigenvalue weighted by Crippen LogP contribution is -2.06. The zero-order valence-corrected chi connectivity index (χ0v) is 11.9. The fourth-order valence-electron chi connectivity index (χ4n) is 2.12. The Balaban J connectivity index is 2.35. The molecule has 1 aromatic heterocycles. The number of ether oxygens (including phenoxy) is 1. The van der Waals surface area contributed by atoms with E-state index in [9.17, 15) is 4.79 Å². The number of carboxylic acids is 1. The van der Waals surface area contributed by atoms with Crippen LogP contribution in [0, 0.1) is 13.8 Å². The molecule has 0 saturated heterocycles. The fraction of sp³-hybridized carbons (Fsp3) is 0.333. The summed E-state index contributed by atoms with van der Waals surface area (Å²) in [7, 11) is 0. The lowest BCUT2D eigenvalue weighted by Gasteiger charge is -2.11. The van der Waals surface area contributed by atoms with Crippen molar-refractivity contribution in [3.05, 3.63) is 35.8 Å². The average molecular weight is 274 g/mol. The molecule has 20 heavy (non-hydrogen) atoms. The van der Waals surface area contributed by atoms with Crippen LogP contribution in [0.4, 0.5) is 0 Å². The molecule has 1 heterocycles. The number of hydrogen-bond acceptors (Lipinski definition) is 3. The van der Waals surface area contributed by atoms with Gasteiger partial charge in [-0.25, -0.2) is 4.98 Å². The molecule has 0 bridgehead atoms. The molecular formula is C15H18N2O3. The van der Waals surface area contributed by atoms with Crippen molar-refractivity contribution in [3.63, 3.8) is 0 Å². The normalized spacial score (nSPS) is 10.6. The van der Waals surface area contributed by atoms with Crippen LogP contribution in [0.2, 0.25) is 0 Å². The van der Waals surface area contributed by atoms with Crippen LogP contribution in [0.5, 0.6) is 5.75 Å². The quantitative estimate of drug-likeness (QED) is 0.910. The van der Waals surface area contributed by atoms with Crippen molar-refractivity contribution in [1.82, 2.24) is 9.55 Å². The van der Waals surface area contributed by atoms with Crippen molar-refractivity contribution in [2.75, 3.05) is 6.61 Å². The van der Waals surface area contributed by atoms with Gasteiger partial charge in [0.25, 0.3) is 0 Å². The largest absolute Gasteiger partial charge is 0.494 e. The highest BCUT2D eigenvalue weighted by Gasteiger charge is 2.10. The van der Waals surface area contributed by atoms with Gasteiger partial charge >= 0.3 is 5.97 Å². The van der Waals surface area contributed by atoms with Gasteiger partial charge in [0.05, 0.1) is 18.6 Å². The van der Waals surface area contributed by atoms with Gasteiger partial charge in [0.15, 0.2) is 0 Å². The van der Waals surface area contributed by atoms with Crippen molar-refractivity contribution in [2.24, 2.45) is 0 Å². The summed E-state index contributed by atoms with van der Waals surface area (Å²) in [5.74, 6) is -0.00716. The zero-order valence-electron chi connectivity index (χ0n) is 11.9. The lowest BCUT2D eigenvalue weighted by atomic mass is 10.0. The molecule has 0 spiro atoms. The number of benzene rings is 1. The van der Waals surface area contributed by atoms with Gasteiger partial charge in [-0.15, -0.1) is 0 Å². The summed E-state index contributed by atoms with van der Waals surface area (Å²) in [6, 6.07) is 4.01. The Labute approximate surface area is 117 Å². The second-order valence-corrected chi connectivity index (χ2v) is 4.69. The van der Waals surface area contributed by atoms with Crippen LogP contribution in [0.3, 0.4) is 0 Å². The van der Waals surface area contributed by atoms with E-state index in [0.29, 0.717) is 6.61 Å². The van der Waals surface area contributed by atoms with E-state index in [1.807, 2.05) is 32.9 Å². The first-order chi connectivity index (χ1) is 9.51. The van der Waals surface area contributed by atoms with E-state index >= 15 is 0 Å². The highest BCUT2D eigenvalue weighted by Crippen LogP contribution is 2.29. The highest BCUT2D eigenvalue weighted by atomic mass is 16.5. The molecule has 0 unspecified atom stereocenters. The van der Waals surface area contributed by atoms with Gasteiger partial charge in [-0.3, -0.25) is 4.79 Å². The van der Waals surface area contributed by atoms with E-state index in [0.717, 1.165) is 28.1 Å². The van der Waals surface area contributed by atoms with Gasteiger partial charge in [-0.05, 0) is 44.0 Å². The Hall–Kier alpha value is -2.30. The topological polar surface area (TPSA) is 64.3 Å².